The maximum Gasteiger partial charge on any atom is 0.223 e. The molecule has 0 saturated carbocycles. The minimum atomic E-state index is 0.349. The number of aromatic nitrogens is 2. The molecule has 0 aromatic carbocycles. The normalized spacial score (nSPS) is 20.6. The SMILES string of the molecule is Cc1nc([C@H]2CCCN2CCc2cccs2)no1. The molecule has 0 amide bonds. The highest BCUT2D eigenvalue weighted by atomic mass is 32.1. The van der Waals surface area contributed by atoms with Crippen LogP contribution in [0.25, 0.3) is 0 Å². The standard InChI is InChI=1S/C13H17N3OS/c1-10-14-13(15-17-10)12-5-2-7-16(12)8-6-11-4-3-9-18-11/h3-4,9,12H,2,5-8H2,1H3/t12-/m1/s1. The maximum atomic E-state index is 5.09. The fourth-order valence-corrected chi connectivity index (χ4v) is 3.24. The van der Waals surface area contributed by atoms with E-state index in [2.05, 4.69) is 32.6 Å². The van der Waals surface area contributed by atoms with Crippen LogP contribution in [0.3, 0.4) is 0 Å². The van der Waals surface area contributed by atoms with Gasteiger partial charge in [0, 0.05) is 18.3 Å². The summed E-state index contributed by atoms with van der Waals surface area (Å²) in [6.07, 6.45) is 3.48. The van der Waals surface area contributed by atoms with E-state index in [9.17, 15) is 0 Å². The van der Waals surface area contributed by atoms with Crippen molar-refractivity contribution in [3.8, 4) is 0 Å². The first-order valence-corrected chi connectivity index (χ1v) is 7.27. The Morgan fingerprint density at radius 1 is 1.56 bits per heavy atom. The van der Waals surface area contributed by atoms with Crippen molar-refractivity contribution in [2.24, 2.45) is 0 Å². The van der Waals surface area contributed by atoms with Crippen LogP contribution >= 0.6 is 11.3 Å². The minimum Gasteiger partial charge on any atom is -0.340 e. The van der Waals surface area contributed by atoms with Gasteiger partial charge >= 0.3 is 0 Å². The molecule has 18 heavy (non-hydrogen) atoms. The second-order valence-corrected chi connectivity index (χ2v) is 5.73. The van der Waals surface area contributed by atoms with Crippen molar-refractivity contribution in [2.45, 2.75) is 32.2 Å². The number of hydrogen-bond acceptors (Lipinski definition) is 5. The van der Waals surface area contributed by atoms with Gasteiger partial charge in [-0.1, -0.05) is 11.2 Å². The molecule has 1 fully saturated rings. The second kappa shape index (κ2) is 5.20. The van der Waals surface area contributed by atoms with Gasteiger partial charge in [-0.3, -0.25) is 4.90 Å². The van der Waals surface area contributed by atoms with Gasteiger partial charge in [-0.15, -0.1) is 11.3 Å². The Kier molecular flexibility index (Phi) is 3.43. The molecule has 1 saturated heterocycles. The highest BCUT2D eigenvalue weighted by Crippen LogP contribution is 2.30. The number of nitrogens with zero attached hydrogens (tertiary/aromatic N) is 3. The van der Waals surface area contributed by atoms with Crippen molar-refractivity contribution < 1.29 is 4.52 Å². The third-order valence-electron chi connectivity index (χ3n) is 3.43. The smallest absolute Gasteiger partial charge is 0.223 e. The van der Waals surface area contributed by atoms with Crippen molar-refractivity contribution in [3.63, 3.8) is 0 Å². The zero-order valence-corrected chi connectivity index (χ0v) is 11.3. The van der Waals surface area contributed by atoms with E-state index < -0.39 is 0 Å². The molecule has 4 nitrogen and oxygen atoms in total. The molecule has 1 aliphatic heterocycles. The number of thiophene rings is 1. The molecule has 0 unspecified atom stereocenters. The van der Waals surface area contributed by atoms with Gasteiger partial charge in [0.1, 0.15) is 0 Å². The Labute approximate surface area is 111 Å². The predicted molar refractivity (Wildman–Crippen MR) is 70.6 cm³/mol. The summed E-state index contributed by atoms with van der Waals surface area (Å²) in [4.78, 5) is 8.30. The number of hydrogen-bond donors (Lipinski definition) is 0. The molecule has 0 aliphatic carbocycles. The van der Waals surface area contributed by atoms with E-state index >= 15 is 0 Å². The van der Waals surface area contributed by atoms with Crippen LogP contribution < -0.4 is 0 Å². The largest absolute Gasteiger partial charge is 0.340 e. The van der Waals surface area contributed by atoms with Crippen LogP contribution in [0.4, 0.5) is 0 Å². The lowest BCUT2D eigenvalue weighted by atomic mass is 10.2. The molecule has 0 bridgehead atoms. The van der Waals surface area contributed by atoms with Crippen LogP contribution in [0, 0.1) is 6.92 Å². The van der Waals surface area contributed by atoms with Gasteiger partial charge in [0.05, 0.1) is 6.04 Å². The Morgan fingerprint density at radius 3 is 3.22 bits per heavy atom. The van der Waals surface area contributed by atoms with Crippen LogP contribution in [0.15, 0.2) is 22.0 Å². The highest BCUT2D eigenvalue weighted by Gasteiger charge is 2.29. The number of rotatable bonds is 4. The quantitative estimate of drug-likeness (QED) is 0.850. The molecule has 0 spiro atoms. The third kappa shape index (κ3) is 2.47. The predicted octanol–water partition coefficient (Wildman–Crippen LogP) is 2.82. The molecule has 3 rings (SSSR count). The van der Waals surface area contributed by atoms with Crippen molar-refractivity contribution in [1.82, 2.24) is 15.0 Å². The maximum absolute atomic E-state index is 5.09. The number of likely N-dealkylation sites (tertiary alicyclic amines) is 1. The number of aryl methyl sites for hydroxylation is 1. The second-order valence-electron chi connectivity index (χ2n) is 4.69. The lowest BCUT2D eigenvalue weighted by Crippen LogP contribution is -2.26. The highest BCUT2D eigenvalue weighted by molar-refractivity contribution is 7.09. The molecule has 96 valence electrons. The van der Waals surface area contributed by atoms with Crippen LogP contribution in [-0.4, -0.2) is 28.1 Å². The minimum absolute atomic E-state index is 0.349. The third-order valence-corrected chi connectivity index (χ3v) is 4.37. The zero-order valence-electron chi connectivity index (χ0n) is 10.5. The Bertz CT molecular complexity index is 494. The fourth-order valence-electron chi connectivity index (χ4n) is 2.55. The lowest BCUT2D eigenvalue weighted by Gasteiger charge is -2.21. The summed E-state index contributed by atoms with van der Waals surface area (Å²) in [6, 6.07) is 4.67. The molecule has 2 aromatic rings. The molecule has 0 radical (unpaired) electrons. The fraction of sp³-hybridized carbons (Fsp3) is 0.538. The van der Waals surface area contributed by atoms with Crippen LogP contribution in [-0.2, 0) is 6.42 Å². The van der Waals surface area contributed by atoms with Gasteiger partial charge in [-0.05, 0) is 37.3 Å². The molecule has 5 heteroatoms. The molecule has 2 aromatic heterocycles. The monoisotopic (exact) mass is 263 g/mol. The Hall–Kier alpha value is -1.20. The van der Waals surface area contributed by atoms with Gasteiger partial charge in [0.25, 0.3) is 0 Å². The zero-order chi connectivity index (χ0) is 12.4. The molecule has 0 N–H and O–H groups in total. The summed E-state index contributed by atoms with van der Waals surface area (Å²) in [5, 5.41) is 6.21. The molecule has 1 atom stereocenters. The van der Waals surface area contributed by atoms with Crippen molar-refractivity contribution in [1.29, 1.82) is 0 Å². The van der Waals surface area contributed by atoms with Gasteiger partial charge in [0.15, 0.2) is 5.82 Å². The van der Waals surface area contributed by atoms with Gasteiger partial charge in [0.2, 0.25) is 5.89 Å². The summed E-state index contributed by atoms with van der Waals surface area (Å²) in [5.41, 5.74) is 0. The van der Waals surface area contributed by atoms with Gasteiger partial charge < -0.3 is 4.52 Å². The Balaban J connectivity index is 1.64. The first kappa shape index (κ1) is 11.9. The van der Waals surface area contributed by atoms with E-state index in [-0.39, 0.29) is 0 Å². The van der Waals surface area contributed by atoms with Gasteiger partial charge in [-0.25, -0.2) is 0 Å². The van der Waals surface area contributed by atoms with E-state index in [1.165, 1.54) is 11.3 Å². The summed E-state index contributed by atoms with van der Waals surface area (Å²) >= 11 is 1.83. The van der Waals surface area contributed by atoms with E-state index in [0.717, 1.165) is 31.8 Å². The average Bonchev–Trinajstić information content (AvgIpc) is 3.07. The van der Waals surface area contributed by atoms with Crippen molar-refractivity contribution in [2.75, 3.05) is 13.1 Å². The van der Waals surface area contributed by atoms with Gasteiger partial charge in [-0.2, -0.15) is 4.98 Å². The van der Waals surface area contributed by atoms with Crippen LogP contribution in [0.5, 0.6) is 0 Å². The van der Waals surface area contributed by atoms with Crippen molar-refractivity contribution >= 4 is 11.3 Å². The lowest BCUT2D eigenvalue weighted by molar-refractivity contribution is 0.246. The van der Waals surface area contributed by atoms with Crippen LogP contribution in [0.2, 0.25) is 0 Å². The summed E-state index contributed by atoms with van der Waals surface area (Å²) in [5.74, 6) is 1.52. The molecular formula is C13H17N3OS. The summed E-state index contributed by atoms with van der Waals surface area (Å²) in [6.45, 7) is 4.07. The molecular weight excluding hydrogens is 246 g/mol. The summed E-state index contributed by atoms with van der Waals surface area (Å²) in [7, 11) is 0. The van der Waals surface area contributed by atoms with Crippen LogP contribution in [0.1, 0.15) is 35.5 Å². The topological polar surface area (TPSA) is 42.2 Å². The summed E-state index contributed by atoms with van der Waals surface area (Å²) < 4.78 is 5.09. The van der Waals surface area contributed by atoms with E-state index in [4.69, 9.17) is 4.52 Å². The molecule has 3 heterocycles. The molecule has 1 aliphatic rings. The Morgan fingerprint density at radius 2 is 2.50 bits per heavy atom. The first-order chi connectivity index (χ1) is 8.83. The van der Waals surface area contributed by atoms with E-state index in [1.54, 1.807) is 0 Å². The average molecular weight is 263 g/mol. The van der Waals surface area contributed by atoms with E-state index in [0.29, 0.717) is 11.9 Å². The van der Waals surface area contributed by atoms with E-state index in [1.807, 2.05) is 18.3 Å². The first-order valence-electron chi connectivity index (χ1n) is 6.39. The van der Waals surface area contributed by atoms with Crippen molar-refractivity contribution in [3.05, 3.63) is 34.1 Å².